The predicted octanol–water partition coefficient (Wildman–Crippen LogP) is 2.14. The first-order valence-electron chi connectivity index (χ1n) is 8.95. The maximum Gasteiger partial charge on any atom is 0.254 e. The third-order valence-corrected chi connectivity index (χ3v) is 4.74. The van der Waals surface area contributed by atoms with Crippen molar-refractivity contribution in [3.05, 3.63) is 65.5 Å². The van der Waals surface area contributed by atoms with Crippen molar-refractivity contribution in [2.75, 3.05) is 6.54 Å². The minimum absolute atomic E-state index is 0.0979. The lowest BCUT2D eigenvalue weighted by Crippen LogP contribution is -2.27. The van der Waals surface area contributed by atoms with E-state index in [1.165, 1.54) is 12.8 Å². The van der Waals surface area contributed by atoms with E-state index in [1.807, 2.05) is 29.8 Å². The predicted molar refractivity (Wildman–Crippen MR) is 96.8 cm³/mol. The second-order valence-corrected chi connectivity index (χ2v) is 6.68. The molecule has 0 atom stereocenters. The van der Waals surface area contributed by atoms with Gasteiger partial charge < -0.3 is 9.88 Å². The van der Waals surface area contributed by atoms with Crippen molar-refractivity contribution in [2.24, 2.45) is 0 Å². The maximum absolute atomic E-state index is 12.5. The maximum atomic E-state index is 12.5. The molecule has 0 bridgehead atoms. The molecule has 134 valence electrons. The Bertz CT molecular complexity index is 894. The van der Waals surface area contributed by atoms with Gasteiger partial charge in [0.1, 0.15) is 12.2 Å². The van der Waals surface area contributed by atoms with Gasteiger partial charge in [0, 0.05) is 24.7 Å². The van der Waals surface area contributed by atoms with Crippen LogP contribution in [0.25, 0.3) is 0 Å². The Morgan fingerprint density at radius 2 is 2.08 bits per heavy atom. The quantitative estimate of drug-likeness (QED) is 0.708. The van der Waals surface area contributed by atoms with E-state index in [-0.39, 0.29) is 5.91 Å². The van der Waals surface area contributed by atoms with E-state index < -0.39 is 0 Å². The molecular weight excluding hydrogens is 328 g/mol. The summed E-state index contributed by atoms with van der Waals surface area (Å²) in [5.74, 6) is 0.837. The van der Waals surface area contributed by atoms with Crippen molar-refractivity contribution in [1.29, 1.82) is 0 Å². The van der Waals surface area contributed by atoms with Crippen LogP contribution in [0.4, 0.5) is 0 Å². The molecule has 0 saturated heterocycles. The van der Waals surface area contributed by atoms with E-state index in [4.69, 9.17) is 0 Å². The molecule has 0 radical (unpaired) electrons. The number of nitrogens with zero attached hydrogens (tertiary/aromatic N) is 5. The molecular formula is C19H22N6O. The number of benzene rings is 1. The molecule has 7 heteroatoms. The molecule has 0 spiro atoms. The highest BCUT2D eigenvalue weighted by Gasteiger charge is 2.25. The Balaban J connectivity index is 1.35. The topological polar surface area (TPSA) is 77.6 Å². The van der Waals surface area contributed by atoms with Crippen LogP contribution in [0.15, 0.2) is 42.9 Å². The molecule has 7 nitrogen and oxygen atoms in total. The fraction of sp³-hybridized carbons (Fsp3) is 0.368. The molecule has 1 aliphatic carbocycles. The van der Waals surface area contributed by atoms with E-state index in [0.717, 1.165) is 17.1 Å². The zero-order valence-corrected chi connectivity index (χ0v) is 14.8. The first-order valence-corrected chi connectivity index (χ1v) is 8.95. The number of hydrogen-bond acceptors (Lipinski definition) is 4. The second kappa shape index (κ2) is 7.11. The van der Waals surface area contributed by atoms with Crippen molar-refractivity contribution in [1.82, 2.24) is 29.9 Å². The Hall–Kier alpha value is -2.96. The molecule has 1 aromatic carbocycles. The van der Waals surface area contributed by atoms with E-state index >= 15 is 0 Å². The molecule has 4 rings (SSSR count). The molecule has 0 unspecified atom stereocenters. The number of carbonyl (C=O) groups is 1. The molecule has 1 fully saturated rings. The van der Waals surface area contributed by atoms with Gasteiger partial charge in [0.2, 0.25) is 0 Å². The lowest BCUT2D eigenvalue weighted by molar-refractivity contribution is 0.0953. The lowest BCUT2D eigenvalue weighted by atomic mass is 10.2. The number of hydrogen-bond donors (Lipinski definition) is 1. The van der Waals surface area contributed by atoms with Crippen LogP contribution >= 0.6 is 0 Å². The van der Waals surface area contributed by atoms with Crippen molar-refractivity contribution >= 4 is 5.91 Å². The average Bonchev–Trinajstić information content (AvgIpc) is 3.29. The van der Waals surface area contributed by atoms with Gasteiger partial charge in [0.05, 0.1) is 18.3 Å². The Labute approximate surface area is 152 Å². The van der Waals surface area contributed by atoms with Crippen LogP contribution in [0.5, 0.6) is 0 Å². The standard InChI is InChI=1S/C19H22N6O/c1-14-17(11-22-25(14)12-15-5-3-2-4-6-15)19(26)20-10-9-18-23-21-13-24(18)16-7-8-16/h2-6,11,13,16H,7-10,12H2,1H3,(H,20,26). The van der Waals surface area contributed by atoms with Crippen LogP contribution < -0.4 is 5.32 Å². The van der Waals surface area contributed by atoms with Crippen molar-refractivity contribution in [2.45, 2.75) is 38.8 Å². The number of carbonyl (C=O) groups excluding carboxylic acids is 1. The SMILES string of the molecule is Cc1c(C(=O)NCCc2nncn2C2CC2)cnn1Cc1ccccc1. The molecule has 26 heavy (non-hydrogen) atoms. The van der Waals surface area contributed by atoms with Crippen molar-refractivity contribution in [3.8, 4) is 0 Å². The van der Waals surface area contributed by atoms with Crippen LogP contribution in [0.3, 0.4) is 0 Å². The summed E-state index contributed by atoms with van der Waals surface area (Å²) in [6.45, 7) is 3.12. The third-order valence-electron chi connectivity index (χ3n) is 4.74. The Morgan fingerprint density at radius 1 is 1.27 bits per heavy atom. The minimum atomic E-state index is -0.0979. The second-order valence-electron chi connectivity index (χ2n) is 6.68. The van der Waals surface area contributed by atoms with Crippen LogP contribution in [0.2, 0.25) is 0 Å². The summed E-state index contributed by atoms with van der Waals surface area (Å²) in [6, 6.07) is 10.6. The van der Waals surface area contributed by atoms with Crippen LogP contribution in [0.1, 0.15) is 46.3 Å². The zero-order valence-electron chi connectivity index (χ0n) is 14.8. The highest BCUT2D eigenvalue weighted by Crippen LogP contribution is 2.35. The smallest absolute Gasteiger partial charge is 0.254 e. The molecule has 2 heterocycles. The number of rotatable bonds is 7. The van der Waals surface area contributed by atoms with Gasteiger partial charge >= 0.3 is 0 Å². The van der Waals surface area contributed by atoms with Gasteiger partial charge in [-0.3, -0.25) is 9.48 Å². The normalized spacial score (nSPS) is 13.7. The molecule has 3 aromatic rings. The summed E-state index contributed by atoms with van der Waals surface area (Å²) >= 11 is 0. The van der Waals surface area contributed by atoms with E-state index in [9.17, 15) is 4.79 Å². The van der Waals surface area contributed by atoms with Gasteiger partial charge in [0.15, 0.2) is 0 Å². The van der Waals surface area contributed by atoms with Crippen LogP contribution in [0, 0.1) is 6.92 Å². The Morgan fingerprint density at radius 3 is 2.85 bits per heavy atom. The van der Waals surface area contributed by atoms with E-state index in [2.05, 4.69) is 37.3 Å². The number of nitrogens with one attached hydrogen (secondary N) is 1. The largest absolute Gasteiger partial charge is 0.351 e. The van der Waals surface area contributed by atoms with E-state index in [0.29, 0.717) is 31.1 Å². The minimum Gasteiger partial charge on any atom is -0.351 e. The number of aromatic nitrogens is 5. The average molecular weight is 350 g/mol. The zero-order chi connectivity index (χ0) is 17.9. The van der Waals surface area contributed by atoms with Crippen LogP contribution in [-0.2, 0) is 13.0 Å². The third kappa shape index (κ3) is 3.51. The first kappa shape index (κ1) is 16.5. The van der Waals surface area contributed by atoms with Gasteiger partial charge in [-0.25, -0.2) is 0 Å². The van der Waals surface area contributed by atoms with Gasteiger partial charge in [-0.1, -0.05) is 30.3 Å². The molecule has 1 aliphatic rings. The number of amides is 1. The van der Waals surface area contributed by atoms with Gasteiger partial charge in [-0.2, -0.15) is 5.10 Å². The Kier molecular flexibility index (Phi) is 4.51. The highest BCUT2D eigenvalue weighted by atomic mass is 16.1. The fourth-order valence-corrected chi connectivity index (χ4v) is 3.07. The van der Waals surface area contributed by atoms with Gasteiger partial charge in [0.25, 0.3) is 5.91 Å². The summed E-state index contributed by atoms with van der Waals surface area (Å²) < 4.78 is 3.98. The van der Waals surface area contributed by atoms with Gasteiger partial charge in [-0.15, -0.1) is 10.2 Å². The monoisotopic (exact) mass is 350 g/mol. The summed E-state index contributed by atoms with van der Waals surface area (Å²) in [5.41, 5.74) is 2.64. The van der Waals surface area contributed by atoms with Crippen molar-refractivity contribution in [3.63, 3.8) is 0 Å². The molecule has 0 aliphatic heterocycles. The first-order chi connectivity index (χ1) is 12.7. The van der Waals surface area contributed by atoms with Gasteiger partial charge in [-0.05, 0) is 25.3 Å². The summed E-state index contributed by atoms with van der Waals surface area (Å²) in [4.78, 5) is 12.5. The molecule has 1 amide bonds. The van der Waals surface area contributed by atoms with Crippen molar-refractivity contribution < 1.29 is 4.79 Å². The highest BCUT2D eigenvalue weighted by molar-refractivity contribution is 5.95. The van der Waals surface area contributed by atoms with Crippen LogP contribution in [-0.4, -0.2) is 37.0 Å². The molecule has 1 N–H and O–H groups in total. The summed E-state index contributed by atoms with van der Waals surface area (Å²) in [6.07, 6.45) is 6.49. The fourth-order valence-electron chi connectivity index (χ4n) is 3.07. The summed E-state index contributed by atoms with van der Waals surface area (Å²) in [5, 5.41) is 15.5. The van der Waals surface area contributed by atoms with E-state index in [1.54, 1.807) is 12.5 Å². The lowest BCUT2D eigenvalue weighted by Gasteiger charge is -2.07. The molecule has 1 saturated carbocycles. The molecule has 2 aromatic heterocycles. The summed E-state index contributed by atoms with van der Waals surface area (Å²) in [7, 11) is 0.